The normalized spacial score (nSPS) is 11.1. The fourth-order valence-electron chi connectivity index (χ4n) is 2.13. The smallest absolute Gasteiger partial charge is 0.261 e. The average Bonchev–Trinajstić information content (AvgIpc) is 3.10. The van der Waals surface area contributed by atoms with Gasteiger partial charge in [-0.3, -0.25) is 14.8 Å². The number of benzene rings is 2. The second-order valence-electron chi connectivity index (χ2n) is 5.24. The molecule has 0 saturated heterocycles. The first kappa shape index (κ1) is 17.1. The van der Waals surface area contributed by atoms with E-state index < -0.39 is 10.0 Å². The van der Waals surface area contributed by atoms with Crippen LogP contribution in [0.4, 0.5) is 10.8 Å². The number of thiazole rings is 1. The minimum absolute atomic E-state index is 0.0848. The quantitative estimate of drug-likeness (QED) is 0.716. The highest BCUT2D eigenvalue weighted by Gasteiger charge is 2.16. The van der Waals surface area contributed by atoms with Crippen LogP contribution in [-0.2, 0) is 10.0 Å². The number of aryl methyl sites for hydroxylation is 1. The van der Waals surface area contributed by atoms with Gasteiger partial charge in [-0.05, 0) is 42.8 Å². The molecule has 6 nitrogen and oxygen atoms in total. The highest BCUT2D eigenvalue weighted by atomic mass is 32.2. The molecule has 0 spiro atoms. The van der Waals surface area contributed by atoms with Gasteiger partial charge in [0.25, 0.3) is 15.9 Å². The van der Waals surface area contributed by atoms with E-state index in [0.717, 1.165) is 5.56 Å². The number of anilines is 2. The lowest BCUT2D eigenvalue weighted by atomic mass is 10.2. The molecule has 1 heterocycles. The maximum Gasteiger partial charge on any atom is 0.261 e. The Hall–Kier alpha value is -2.71. The van der Waals surface area contributed by atoms with Crippen molar-refractivity contribution >= 4 is 38.1 Å². The monoisotopic (exact) mass is 373 g/mol. The molecule has 1 aromatic heterocycles. The Bertz CT molecular complexity index is 982. The number of nitrogens with zero attached hydrogens (tertiary/aromatic N) is 1. The third kappa shape index (κ3) is 4.04. The number of aromatic nitrogens is 1. The Labute approximate surface area is 149 Å². The summed E-state index contributed by atoms with van der Waals surface area (Å²) in [7, 11) is -3.72. The molecule has 8 heteroatoms. The van der Waals surface area contributed by atoms with Crippen LogP contribution in [0.15, 0.2) is 65.0 Å². The molecule has 0 aliphatic heterocycles. The number of carbonyl (C=O) groups excluding carboxylic acids is 1. The van der Waals surface area contributed by atoms with Gasteiger partial charge < -0.3 is 0 Å². The van der Waals surface area contributed by atoms with Crippen LogP contribution in [0.2, 0.25) is 0 Å². The lowest BCUT2D eigenvalue weighted by Crippen LogP contribution is -2.15. The first-order chi connectivity index (χ1) is 12.0. The number of nitrogens with one attached hydrogen (secondary N) is 2. The van der Waals surface area contributed by atoms with Gasteiger partial charge >= 0.3 is 0 Å². The van der Waals surface area contributed by atoms with Crippen molar-refractivity contribution in [2.45, 2.75) is 11.8 Å². The molecule has 0 fully saturated rings. The van der Waals surface area contributed by atoms with Gasteiger partial charge in [0.1, 0.15) is 0 Å². The maximum atomic E-state index is 12.5. The van der Waals surface area contributed by atoms with Crippen molar-refractivity contribution in [1.82, 2.24) is 4.98 Å². The van der Waals surface area contributed by atoms with E-state index >= 15 is 0 Å². The highest BCUT2D eigenvalue weighted by Crippen LogP contribution is 2.20. The predicted octanol–water partition coefficient (Wildman–Crippen LogP) is 3.50. The Kier molecular flexibility index (Phi) is 4.82. The van der Waals surface area contributed by atoms with Gasteiger partial charge in [0, 0.05) is 17.1 Å². The van der Waals surface area contributed by atoms with Crippen LogP contribution in [0.1, 0.15) is 15.9 Å². The minimum Gasteiger partial charge on any atom is -0.298 e. The van der Waals surface area contributed by atoms with Gasteiger partial charge in [0.15, 0.2) is 5.13 Å². The van der Waals surface area contributed by atoms with Gasteiger partial charge in [-0.1, -0.05) is 18.2 Å². The number of rotatable bonds is 5. The van der Waals surface area contributed by atoms with Crippen LogP contribution in [0.5, 0.6) is 0 Å². The molecule has 1 amide bonds. The van der Waals surface area contributed by atoms with E-state index in [1.165, 1.54) is 35.6 Å². The largest absolute Gasteiger partial charge is 0.298 e. The number of hydrogen-bond donors (Lipinski definition) is 2. The topological polar surface area (TPSA) is 88.2 Å². The van der Waals surface area contributed by atoms with Crippen molar-refractivity contribution in [2.24, 2.45) is 0 Å². The van der Waals surface area contributed by atoms with Crippen molar-refractivity contribution in [3.05, 3.63) is 71.2 Å². The molecule has 0 bridgehead atoms. The van der Waals surface area contributed by atoms with Crippen molar-refractivity contribution in [2.75, 3.05) is 10.0 Å². The molecule has 25 heavy (non-hydrogen) atoms. The first-order valence-electron chi connectivity index (χ1n) is 7.35. The molecule has 0 saturated carbocycles. The summed E-state index contributed by atoms with van der Waals surface area (Å²) >= 11 is 1.31. The third-order valence-corrected chi connectivity index (χ3v) is 5.54. The number of amides is 1. The molecule has 0 atom stereocenters. The average molecular weight is 373 g/mol. The summed E-state index contributed by atoms with van der Waals surface area (Å²) in [5.74, 6) is -0.342. The van der Waals surface area contributed by atoms with Crippen molar-refractivity contribution < 1.29 is 13.2 Å². The zero-order valence-electron chi connectivity index (χ0n) is 13.3. The molecule has 2 N–H and O–H groups in total. The summed E-state index contributed by atoms with van der Waals surface area (Å²) in [5.41, 5.74) is 1.70. The lowest BCUT2D eigenvalue weighted by molar-refractivity contribution is 0.102. The van der Waals surface area contributed by atoms with E-state index in [4.69, 9.17) is 0 Å². The molecule has 128 valence electrons. The fraction of sp³-hybridized carbons (Fsp3) is 0.0588. The third-order valence-electron chi connectivity index (χ3n) is 3.47. The Morgan fingerprint density at radius 1 is 1.08 bits per heavy atom. The van der Waals surface area contributed by atoms with Crippen LogP contribution in [0, 0.1) is 6.92 Å². The van der Waals surface area contributed by atoms with E-state index in [1.54, 1.807) is 23.7 Å². The number of sulfonamides is 1. The molecular weight excluding hydrogens is 358 g/mol. The van der Waals surface area contributed by atoms with Crippen molar-refractivity contribution in [3.63, 3.8) is 0 Å². The number of hydrogen-bond acceptors (Lipinski definition) is 5. The van der Waals surface area contributed by atoms with Gasteiger partial charge in [-0.15, -0.1) is 11.3 Å². The van der Waals surface area contributed by atoms with Crippen LogP contribution in [0.25, 0.3) is 0 Å². The van der Waals surface area contributed by atoms with Crippen LogP contribution in [0.3, 0.4) is 0 Å². The van der Waals surface area contributed by atoms with E-state index in [1.807, 2.05) is 19.1 Å². The van der Waals surface area contributed by atoms with Gasteiger partial charge in [0.2, 0.25) is 0 Å². The summed E-state index contributed by atoms with van der Waals surface area (Å²) in [6, 6.07) is 12.9. The second-order valence-corrected chi connectivity index (χ2v) is 7.81. The fourth-order valence-corrected chi connectivity index (χ4v) is 3.79. The first-order valence-corrected chi connectivity index (χ1v) is 9.71. The van der Waals surface area contributed by atoms with E-state index in [2.05, 4.69) is 15.0 Å². The van der Waals surface area contributed by atoms with E-state index in [0.29, 0.717) is 16.4 Å². The molecular formula is C17H15N3O3S2. The SMILES string of the molecule is Cc1ccccc1NS(=O)(=O)c1ccc(C(=O)Nc2nccs2)cc1. The molecule has 0 radical (unpaired) electrons. The maximum absolute atomic E-state index is 12.5. The molecule has 0 aliphatic rings. The highest BCUT2D eigenvalue weighted by molar-refractivity contribution is 7.92. The Morgan fingerprint density at radius 3 is 2.44 bits per heavy atom. The predicted molar refractivity (Wildman–Crippen MR) is 98.5 cm³/mol. The summed E-state index contributed by atoms with van der Waals surface area (Å²) in [5, 5.41) is 4.89. The Balaban J connectivity index is 1.77. The molecule has 2 aromatic carbocycles. The summed E-state index contributed by atoms with van der Waals surface area (Å²) in [6.07, 6.45) is 1.59. The van der Waals surface area contributed by atoms with Gasteiger partial charge in [-0.25, -0.2) is 13.4 Å². The van der Waals surface area contributed by atoms with Crippen molar-refractivity contribution in [1.29, 1.82) is 0 Å². The molecule has 0 unspecified atom stereocenters. The van der Waals surface area contributed by atoms with Gasteiger partial charge in [0.05, 0.1) is 10.6 Å². The van der Waals surface area contributed by atoms with E-state index in [9.17, 15) is 13.2 Å². The van der Waals surface area contributed by atoms with Crippen LogP contribution < -0.4 is 10.0 Å². The standard InChI is InChI=1S/C17H15N3O3S2/c1-12-4-2-3-5-15(12)20-25(22,23)14-8-6-13(7-9-14)16(21)19-17-18-10-11-24-17/h2-11,20H,1H3,(H,18,19,21). The van der Waals surface area contributed by atoms with E-state index in [-0.39, 0.29) is 10.8 Å². The molecule has 0 aliphatic carbocycles. The number of para-hydroxylation sites is 1. The lowest BCUT2D eigenvalue weighted by Gasteiger charge is -2.10. The van der Waals surface area contributed by atoms with Gasteiger partial charge in [-0.2, -0.15) is 0 Å². The summed E-state index contributed by atoms with van der Waals surface area (Å²) < 4.78 is 27.5. The minimum atomic E-state index is -3.72. The number of carbonyl (C=O) groups is 1. The molecule has 3 rings (SSSR count). The van der Waals surface area contributed by atoms with Crippen molar-refractivity contribution in [3.8, 4) is 0 Å². The molecule has 3 aromatic rings. The zero-order chi connectivity index (χ0) is 17.9. The van der Waals surface area contributed by atoms with Crippen LogP contribution >= 0.6 is 11.3 Å². The zero-order valence-corrected chi connectivity index (χ0v) is 14.9. The summed E-state index contributed by atoms with van der Waals surface area (Å²) in [6.45, 7) is 1.82. The Morgan fingerprint density at radius 2 is 1.80 bits per heavy atom. The van der Waals surface area contributed by atoms with Crippen LogP contribution in [-0.4, -0.2) is 19.3 Å². The second kappa shape index (κ2) is 7.04. The summed E-state index contributed by atoms with van der Waals surface area (Å²) in [4.78, 5) is 16.2.